The smallest absolute Gasteiger partial charge is 0.318 e. The predicted octanol–water partition coefficient (Wildman–Crippen LogP) is 3.46. The van der Waals surface area contributed by atoms with E-state index < -0.39 is 0 Å². The minimum atomic E-state index is -0.375. The minimum Gasteiger partial charge on any atom is -0.491 e. The number of nitrogens with zero attached hydrogens (tertiary/aromatic N) is 2. The van der Waals surface area contributed by atoms with Gasteiger partial charge in [0.25, 0.3) is 0 Å². The van der Waals surface area contributed by atoms with Crippen LogP contribution in [0.4, 0.5) is 9.18 Å². The number of urea groups is 1. The molecule has 0 unspecified atom stereocenters. The van der Waals surface area contributed by atoms with E-state index in [-0.39, 0.29) is 43.0 Å². The molecule has 1 aliphatic heterocycles. The van der Waals surface area contributed by atoms with Crippen LogP contribution in [0.5, 0.6) is 5.75 Å². The Morgan fingerprint density at radius 3 is 2.88 bits per heavy atom. The molecule has 1 aromatic heterocycles. The standard InChI is InChI=1S/C23H30FN3O4S/c1-16(2)25-23(29)26(10-11-30-3)14-22(28)27-9-7-21-19(8-12-32-21)20(27)15-31-18-6-4-5-17(24)13-18/h4-6,8,12-13,16,20H,7,9-11,14-15H2,1-3H3,(H,25,29)/t20-/m1/s1. The van der Waals surface area contributed by atoms with Crippen LogP contribution in [0.15, 0.2) is 35.7 Å². The summed E-state index contributed by atoms with van der Waals surface area (Å²) in [5.74, 6) is -0.122. The lowest BCUT2D eigenvalue weighted by Crippen LogP contribution is -2.51. The van der Waals surface area contributed by atoms with Gasteiger partial charge >= 0.3 is 6.03 Å². The number of methoxy groups -OCH3 is 1. The van der Waals surface area contributed by atoms with Gasteiger partial charge in [0, 0.05) is 37.2 Å². The summed E-state index contributed by atoms with van der Waals surface area (Å²) >= 11 is 1.66. The summed E-state index contributed by atoms with van der Waals surface area (Å²) in [6.45, 7) is 5.07. The number of nitrogens with one attached hydrogen (secondary N) is 1. The highest BCUT2D eigenvalue weighted by Gasteiger charge is 2.33. The number of benzene rings is 1. The molecule has 1 N–H and O–H groups in total. The Labute approximate surface area is 192 Å². The Hall–Kier alpha value is -2.65. The second-order valence-electron chi connectivity index (χ2n) is 7.94. The highest BCUT2D eigenvalue weighted by Crippen LogP contribution is 2.34. The zero-order valence-corrected chi connectivity index (χ0v) is 19.5. The van der Waals surface area contributed by atoms with E-state index in [1.54, 1.807) is 35.5 Å². The number of ether oxygens (including phenoxy) is 2. The molecule has 2 aromatic rings. The minimum absolute atomic E-state index is 0.0431. The number of thiophene rings is 1. The molecule has 0 aliphatic carbocycles. The summed E-state index contributed by atoms with van der Waals surface area (Å²) in [6, 6.07) is 7.32. The predicted molar refractivity (Wildman–Crippen MR) is 121 cm³/mol. The van der Waals surface area contributed by atoms with Gasteiger partial charge < -0.3 is 24.6 Å². The third-order valence-electron chi connectivity index (χ3n) is 5.21. The van der Waals surface area contributed by atoms with E-state index in [0.29, 0.717) is 25.4 Å². The molecular weight excluding hydrogens is 433 g/mol. The van der Waals surface area contributed by atoms with Gasteiger partial charge in [0.1, 0.15) is 24.7 Å². The number of amides is 3. The molecule has 0 fully saturated rings. The lowest BCUT2D eigenvalue weighted by atomic mass is 10.0. The molecule has 1 aromatic carbocycles. The van der Waals surface area contributed by atoms with E-state index in [9.17, 15) is 14.0 Å². The fourth-order valence-electron chi connectivity index (χ4n) is 3.65. The molecule has 0 bridgehead atoms. The first-order valence-electron chi connectivity index (χ1n) is 10.7. The number of carbonyl (C=O) groups excluding carboxylic acids is 2. The van der Waals surface area contributed by atoms with Crippen molar-refractivity contribution in [3.63, 3.8) is 0 Å². The van der Waals surface area contributed by atoms with Crippen LogP contribution in [0.25, 0.3) is 0 Å². The molecule has 1 aliphatic rings. The van der Waals surface area contributed by atoms with Gasteiger partial charge in [-0.05, 0) is 49.4 Å². The van der Waals surface area contributed by atoms with Gasteiger partial charge in [-0.2, -0.15) is 0 Å². The first-order valence-corrected chi connectivity index (χ1v) is 11.6. The average molecular weight is 464 g/mol. The number of carbonyl (C=O) groups is 2. The van der Waals surface area contributed by atoms with Gasteiger partial charge in [-0.3, -0.25) is 4.79 Å². The first-order chi connectivity index (χ1) is 15.4. The number of hydrogen-bond acceptors (Lipinski definition) is 5. The number of halogens is 1. The average Bonchev–Trinajstić information content (AvgIpc) is 3.23. The van der Waals surface area contributed by atoms with Gasteiger partial charge in [-0.25, -0.2) is 9.18 Å². The van der Waals surface area contributed by atoms with Crippen LogP contribution in [-0.2, 0) is 16.0 Å². The normalized spacial score (nSPS) is 15.4. The lowest BCUT2D eigenvalue weighted by Gasteiger charge is -2.37. The Kier molecular flexibility index (Phi) is 8.46. The second-order valence-corrected chi connectivity index (χ2v) is 8.94. The molecule has 2 heterocycles. The van der Waals surface area contributed by atoms with Crippen LogP contribution >= 0.6 is 11.3 Å². The fraction of sp³-hybridized carbons (Fsp3) is 0.478. The summed E-state index contributed by atoms with van der Waals surface area (Å²) in [5.41, 5.74) is 1.04. The van der Waals surface area contributed by atoms with Crippen molar-refractivity contribution in [2.75, 3.05) is 40.0 Å². The van der Waals surface area contributed by atoms with Crippen LogP contribution in [-0.4, -0.2) is 67.7 Å². The Balaban J connectivity index is 1.75. The highest BCUT2D eigenvalue weighted by molar-refractivity contribution is 7.10. The van der Waals surface area contributed by atoms with Crippen molar-refractivity contribution in [2.45, 2.75) is 32.4 Å². The van der Waals surface area contributed by atoms with E-state index in [1.807, 2.05) is 25.3 Å². The zero-order valence-electron chi connectivity index (χ0n) is 18.7. The Morgan fingerprint density at radius 2 is 2.16 bits per heavy atom. The van der Waals surface area contributed by atoms with Crippen molar-refractivity contribution < 1.29 is 23.5 Å². The van der Waals surface area contributed by atoms with E-state index >= 15 is 0 Å². The molecule has 0 spiro atoms. The maximum absolute atomic E-state index is 13.5. The van der Waals surface area contributed by atoms with Crippen LogP contribution in [0.1, 0.15) is 30.3 Å². The summed E-state index contributed by atoms with van der Waals surface area (Å²) in [4.78, 5) is 30.4. The third kappa shape index (κ3) is 6.20. The molecule has 9 heteroatoms. The zero-order chi connectivity index (χ0) is 23.1. The second kappa shape index (κ2) is 11.3. The number of rotatable bonds is 9. The summed E-state index contributed by atoms with van der Waals surface area (Å²) < 4.78 is 24.5. The highest BCUT2D eigenvalue weighted by atomic mass is 32.1. The van der Waals surface area contributed by atoms with E-state index in [2.05, 4.69) is 5.32 Å². The number of hydrogen-bond donors (Lipinski definition) is 1. The molecule has 0 radical (unpaired) electrons. The molecule has 3 amide bonds. The van der Waals surface area contributed by atoms with Crippen LogP contribution in [0, 0.1) is 5.82 Å². The summed E-state index contributed by atoms with van der Waals surface area (Å²) in [5, 5.41) is 4.85. The summed E-state index contributed by atoms with van der Waals surface area (Å²) in [7, 11) is 1.56. The van der Waals surface area contributed by atoms with Gasteiger partial charge in [-0.1, -0.05) is 6.07 Å². The first kappa shape index (κ1) is 24.0. The van der Waals surface area contributed by atoms with E-state index in [0.717, 1.165) is 12.0 Å². The van der Waals surface area contributed by atoms with Crippen molar-refractivity contribution in [2.24, 2.45) is 0 Å². The molecule has 0 saturated heterocycles. The quantitative estimate of drug-likeness (QED) is 0.618. The molecule has 174 valence electrons. The maximum atomic E-state index is 13.5. The fourth-order valence-corrected chi connectivity index (χ4v) is 4.58. The third-order valence-corrected chi connectivity index (χ3v) is 6.21. The van der Waals surface area contributed by atoms with E-state index in [4.69, 9.17) is 9.47 Å². The van der Waals surface area contributed by atoms with Crippen LogP contribution < -0.4 is 10.1 Å². The molecule has 7 nitrogen and oxygen atoms in total. The van der Waals surface area contributed by atoms with Crippen molar-refractivity contribution in [3.05, 3.63) is 52.0 Å². The molecule has 32 heavy (non-hydrogen) atoms. The maximum Gasteiger partial charge on any atom is 0.318 e. The monoisotopic (exact) mass is 463 g/mol. The summed E-state index contributed by atoms with van der Waals surface area (Å²) in [6.07, 6.45) is 0.755. The Morgan fingerprint density at radius 1 is 1.34 bits per heavy atom. The van der Waals surface area contributed by atoms with Crippen LogP contribution in [0.3, 0.4) is 0 Å². The van der Waals surface area contributed by atoms with Crippen molar-refractivity contribution in [3.8, 4) is 5.75 Å². The van der Waals surface area contributed by atoms with Crippen LogP contribution in [0.2, 0.25) is 0 Å². The molecular formula is C23H30FN3O4S. The number of fused-ring (bicyclic) bond motifs is 1. The molecule has 3 rings (SSSR count). The Bertz CT molecular complexity index is 920. The largest absolute Gasteiger partial charge is 0.491 e. The lowest BCUT2D eigenvalue weighted by molar-refractivity contribution is -0.135. The van der Waals surface area contributed by atoms with Gasteiger partial charge in [0.2, 0.25) is 5.91 Å². The van der Waals surface area contributed by atoms with Crippen molar-refractivity contribution in [1.29, 1.82) is 0 Å². The molecule has 0 saturated carbocycles. The van der Waals surface area contributed by atoms with Gasteiger partial charge in [-0.15, -0.1) is 11.3 Å². The van der Waals surface area contributed by atoms with Crippen molar-refractivity contribution in [1.82, 2.24) is 15.1 Å². The van der Waals surface area contributed by atoms with Crippen molar-refractivity contribution >= 4 is 23.3 Å². The van der Waals surface area contributed by atoms with Gasteiger partial charge in [0.05, 0.1) is 12.6 Å². The van der Waals surface area contributed by atoms with Gasteiger partial charge in [0.15, 0.2) is 0 Å². The van der Waals surface area contributed by atoms with E-state index in [1.165, 1.54) is 21.9 Å². The molecule has 1 atom stereocenters. The SMILES string of the molecule is COCCN(CC(=O)N1CCc2sccc2[C@H]1COc1cccc(F)c1)C(=O)NC(C)C. The topological polar surface area (TPSA) is 71.1 Å².